The normalized spacial score (nSPS) is 10.3. The number of hydrogen-bond donors (Lipinski definition) is 3. The number of nitrogens with zero attached hydrogens (tertiary/aromatic N) is 1. The highest BCUT2D eigenvalue weighted by Crippen LogP contribution is 2.23. The number of hydrogen-bond acceptors (Lipinski definition) is 4. The molecule has 0 amide bonds. The fourth-order valence-electron chi connectivity index (χ4n) is 1.60. The third kappa shape index (κ3) is 2.63. The molecule has 0 aliphatic rings. The molecule has 1 aromatic carbocycles. The summed E-state index contributed by atoms with van der Waals surface area (Å²) in [5, 5.41) is 21.9. The molecule has 5 nitrogen and oxygen atoms in total. The second-order valence-electron chi connectivity index (χ2n) is 4.03. The smallest absolute Gasteiger partial charge is 0.250 e. The molecule has 0 bridgehead atoms. The Morgan fingerprint density at radius 1 is 1.22 bits per heavy atom. The van der Waals surface area contributed by atoms with Crippen molar-refractivity contribution in [3.63, 3.8) is 0 Å². The zero-order chi connectivity index (χ0) is 13.1. The molecule has 0 fully saturated rings. The van der Waals surface area contributed by atoms with Crippen LogP contribution in [-0.2, 0) is 13.6 Å². The summed E-state index contributed by atoms with van der Waals surface area (Å²) >= 11 is 0. The van der Waals surface area contributed by atoms with Gasteiger partial charge in [0.1, 0.15) is 11.5 Å². The molecule has 1 heterocycles. The summed E-state index contributed by atoms with van der Waals surface area (Å²) in [5.41, 5.74) is 1.37. The van der Waals surface area contributed by atoms with Gasteiger partial charge in [0.25, 0.3) is 0 Å². The van der Waals surface area contributed by atoms with Crippen LogP contribution in [-0.4, -0.2) is 14.8 Å². The molecule has 5 heteroatoms. The molecule has 0 aliphatic heterocycles. The molecule has 2 aromatic rings. The minimum Gasteiger partial charge on any atom is -0.508 e. The minimum atomic E-state index is -0.0759. The Labute approximate surface area is 104 Å². The predicted octanol–water partition coefficient (Wildman–Crippen LogP) is 1.41. The molecular weight excluding hydrogens is 232 g/mol. The predicted molar refractivity (Wildman–Crippen MR) is 68.8 cm³/mol. The molecule has 0 aliphatic carbocycles. The Bertz CT molecular complexity index is 620. The number of pyridine rings is 1. The average molecular weight is 246 g/mol. The van der Waals surface area contributed by atoms with Gasteiger partial charge in [0.15, 0.2) is 0 Å². The Morgan fingerprint density at radius 3 is 2.67 bits per heavy atom. The van der Waals surface area contributed by atoms with Gasteiger partial charge in [-0.1, -0.05) is 0 Å². The van der Waals surface area contributed by atoms with Crippen LogP contribution >= 0.6 is 0 Å². The van der Waals surface area contributed by atoms with E-state index in [2.05, 4.69) is 5.32 Å². The van der Waals surface area contributed by atoms with Crippen molar-refractivity contribution in [3.05, 3.63) is 52.4 Å². The lowest BCUT2D eigenvalue weighted by Crippen LogP contribution is -2.15. The van der Waals surface area contributed by atoms with Crippen LogP contribution in [0.1, 0.15) is 5.56 Å². The first-order valence-electron chi connectivity index (χ1n) is 5.47. The number of aromatic hydroxyl groups is 2. The third-order valence-electron chi connectivity index (χ3n) is 2.64. The van der Waals surface area contributed by atoms with Crippen LogP contribution in [0.15, 0.2) is 41.3 Å². The van der Waals surface area contributed by atoms with Gasteiger partial charge in [0, 0.05) is 37.5 Å². The maximum Gasteiger partial charge on any atom is 0.250 e. The molecule has 0 saturated heterocycles. The number of anilines is 1. The van der Waals surface area contributed by atoms with Crippen molar-refractivity contribution in [2.45, 2.75) is 6.54 Å². The van der Waals surface area contributed by atoms with Gasteiger partial charge in [-0.3, -0.25) is 4.79 Å². The molecule has 1 aromatic heterocycles. The topological polar surface area (TPSA) is 74.5 Å². The number of phenolic OH excluding ortho intramolecular Hbond substituents is 2. The molecule has 94 valence electrons. The van der Waals surface area contributed by atoms with Gasteiger partial charge in [0.05, 0.1) is 5.69 Å². The third-order valence-corrected chi connectivity index (χ3v) is 2.64. The molecule has 0 unspecified atom stereocenters. The summed E-state index contributed by atoms with van der Waals surface area (Å²) in [6.07, 6.45) is 1.68. The van der Waals surface area contributed by atoms with Crippen LogP contribution < -0.4 is 10.9 Å². The van der Waals surface area contributed by atoms with Crippen LogP contribution in [0.2, 0.25) is 0 Å². The Balaban J connectivity index is 2.11. The zero-order valence-electron chi connectivity index (χ0n) is 9.92. The van der Waals surface area contributed by atoms with Crippen LogP contribution in [0, 0.1) is 0 Å². The second kappa shape index (κ2) is 4.83. The van der Waals surface area contributed by atoms with Crippen molar-refractivity contribution in [1.82, 2.24) is 4.57 Å². The van der Waals surface area contributed by atoms with Crippen molar-refractivity contribution in [2.24, 2.45) is 7.05 Å². The summed E-state index contributed by atoms with van der Waals surface area (Å²) in [7, 11) is 1.67. The highest BCUT2D eigenvalue weighted by Gasteiger charge is 2.02. The molecular formula is C13H14N2O3. The molecule has 0 radical (unpaired) electrons. The van der Waals surface area contributed by atoms with E-state index < -0.39 is 0 Å². The van der Waals surface area contributed by atoms with E-state index in [1.54, 1.807) is 25.4 Å². The van der Waals surface area contributed by atoms with E-state index >= 15 is 0 Å². The van der Waals surface area contributed by atoms with Crippen LogP contribution in [0.4, 0.5) is 5.69 Å². The number of aromatic nitrogens is 1. The van der Waals surface area contributed by atoms with Crippen LogP contribution in [0.3, 0.4) is 0 Å². The van der Waals surface area contributed by atoms with E-state index in [1.165, 1.54) is 22.8 Å². The molecule has 2 rings (SSSR count). The summed E-state index contributed by atoms with van der Waals surface area (Å²) in [6, 6.07) is 7.59. The van der Waals surface area contributed by atoms with Gasteiger partial charge in [-0.25, -0.2) is 0 Å². The van der Waals surface area contributed by atoms with Gasteiger partial charge in [-0.15, -0.1) is 0 Å². The van der Waals surface area contributed by atoms with Gasteiger partial charge >= 0.3 is 0 Å². The highest BCUT2D eigenvalue weighted by atomic mass is 16.3. The van der Waals surface area contributed by atoms with Crippen molar-refractivity contribution < 1.29 is 10.2 Å². The van der Waals surface area contributed by atoms with Gasteiger partial charge in [-0.05, 0) is 18.2 Å². The Hall–Kier alpha value is -2.43. The van der Waals surface area contributed by atoms with Gasteiger partial charge in [-0.2, -0.15) is 0 Å². The van der Waals surface area contributed by atoms with Crippen molar-refractivity contribution >= 4 is 5.69 Å². The second-order valence-corrected chi connectivity index (χ2v) is 4.03. The highest BCUT2D eigenvalue weighted by molar-refractivity contribution is 5.44. The molecule has 0 saturated carbocycles. The Kier molecular flexibility index (Phi) is 3.23. The first-order valence-corrected chi connectivity index (χ1v) is 5.47. The van der Waals surface area contributed by atoms with E-state index in [4.69, 9.17) is 0 Å². The van der Waals surface area contributed by atoms with E-state index in [0.29, 0.717) is 12.1 Å². The first kappa shape index (κ1) is 12.0. The standard InChI is InChI=1S/C13H14N2O3/c1-15-8-10(3-5-13(15)18)14-7-9-2-4-11(16)6-12(9)17/h2-6,8,14,16-17H,7H2,1H3. The fraction of sp³-hybridized carbons (Fsp3) is 0.154. The fourth-order valence-corrected chi connectivity index (χ4v) is 1.60. The number of nitrogens with one attached hydrogen (secondary N) is 1. The summed E-state index contributed by atoms with van der Waals surface area (Å²) < 4.78 is 1.47. The van der Waals surface area contributed by atoms with E-state index in [9.17, 15) is 15.0 Å². The maximum atomic E-state index is 11.2. The SMILES string of the molecule is Cn1cc(NCc2ccc(O)cc2O)ccc1=O. The summed E-state index contributed by atoms with van der Waals surface area (Å²) in [4.78, 5) is 11.2. The average Bonchev–Trinajstić information content (AvgIpc) is 2.32. The van der Waals surface area contributed by atoms with E-state index in [1.807, 2.05) is 0 Å². The van der Waals surface area contributed by atoms with Gasteiger partial charge in [0.2, 0.25) is 5.56 Å². The lowest BCUT2D eigenvalue weighted by Gasteiger charge is -2.09. The minimum absolute atomic E-state index is 0.0263. The van der Waals surface area contributed by atoms with E-state index in [0.717, 1.165) is 5.69 Å². The van der Waals surface area contributed by atoms with Crippen molar-refractivity contribution in [1.29, 1.82) is 0 Å². The lowest BCUT2D eigenvalue weighted by molar-refractivity contribution is 0.446. The number of rotatable bonds is 3. The molecule has 0 atom stereocenters. The first-order chi connectivity index (χ1) is 8.56. The lowest BCUT2D eigenvalue weighted by atomic mass is 10.2. The number of phenols is 2. The summed E-state index contributed by atoms with van der Waals surface area (Å²) in [5.74, 6) is 0.0608. The number of benzene rings is 1. The zero-order valence-corrected chi connectivity index (χ0v) is 9.92. The monoisotopic (exact) mass is 246 g/mol. The van der Waals surface area contributed by atoms with Crippen LogP contribution in [0.25, 0.3) is 0 Å². The van der Waals surface area contributed by atoms with Crippen molar-refractivity contribution in [3.8, 4) is 11.5 Å². The molecule has 0 spiro atoms. The van der Waals surface area contributed by atoms with Crippen LogP contribution in [0.5, 0.6) is 11.5 Å². The Morgan fingerprint density at radius 2 is 2.00 bits per heavy atom. The van der Waals surface area contributed by atoms with E-state index in [-0.39, 0.29) is 17.1 Å². The maximum absolute atomic E-state index is 11.2. The quantitative estimate of drug-likeness (QED) is 0.765. The van der Waals surface area contributed by atoms with Gasteiger partial charge < -0.3 is 20.1 Å². The molecule has 18 heavy (non-hydrogen) atoms. The summed E-state index contributed by atoms with van der Waals surface area (Å²) in [6.45, 7) is 0.407. The largest absolute Gasteiger partial charge is 0.508 e. The molecule has 3 N–H and O–H groups in total. The van der Waals surface area contributed by atoms with Crippen molar-refractivity contribution in [2.75, 3.05) is 5.32 Å². The number of aryl methyl sites for hydroxylation is 1.